The number of aryl methyl sites for hydroxylation is 2. The number of nitrogens with zero attached hydrogens (tertiary/aromatic N) is 1. The first-order chi connectivity index (χ1) is 14.4. The van der Waals surface area contributed by atoms with Gasteiger partial charge < -0.3 is 9.84 Å². The van der Waals surface area contributed by atoms with Crippen molar-refractivity contribution < 1.29 is 24.6 Å². The monoisotopic (exact) mass is 444 g/mol. The number of ether oxygens (including phenoxy) is 1. The second-order valence-corrected chi connectivity index (χ2v) is 8.86. The van der Waals surface area contributed by atoms with Crippen LogP contribution in [0.5, 0.6) is 0 Å². The normalized spacial score (nSPS) is 11.1. The Morgan fingerprint density at radius 1 is 1.10 bits per heavy atom. The number of pyridine rings is 1. The molecule has 1 heterocycles. The fraction of sp³-hybridized carbons (Fsp3) is 0.360. The highest BCUT2D eigenvalue weighted by Gasteiger charge is 2.22. The van der Waals surface area contributed by atoms with Crippen LogP contribution in [0.4, 0.5) is 0 Å². The van der Waals surface area contributed by atoms with Gasteiger partial charge in [-0.15, -0.1) is 0 Å². The van der Waals surface area contributed by atoms with Gasteiger partial charge in [-0.2, -0.15) is 0 Å². The number of carbonyl (C=O) groups is 1. The lowest BCUT2D eigenvalue weighted by molar-refractivity contribution is -0.888. The summed E-state index contributed by atoms with van der Waals surface area (Å²) in [5.41, 5.74) is 4.59. The van der Waals surface area contributed by atoms with Crippen molar-refractivity contribution in [2.45, 2.75) is 53.6 Å². The third-order valence-electron chi connectivity index (χ3n) is 4.49. The van der Waals surface area contributed by atoms with Gasteiger partial charge in [0.05, 0.1) is 24.0 Å². The lowest BCUT2D eigenvalue weighted by Crippen LogP contribution is -2.34. The number of aliphatic hydroxyl groups is 1. The third-order valence-corrected chi connectivity index (χ3v) is 4.74. The summed E-state index contributed by atoms with van der Waals surface area (Å²) in [6, 6.07) is 13.2. The lowest BCUT2D eigenvalue weighted by atomic mass is 9.90. The number of fused-ring (bicyclic) bond motifs is 1. The maximum Gasteiger partial charge on any atom is 0.310 e. The number of halogens is 1. The number of esters is 1. The van der Waals surface area contributed by atoms with Crippen LogP contribution < -0.4 is 4.73 Å². The predicted octanol–water partition coefficient (Wildman–Crippen LogP) is 5.18. The average molecular weight is 445 g/mol. The van der Waals surface area contributed by atoms with Crippen LogP contribution in [0.3, 0.4) is 0 Å². The molecule has 0 spiro atoms. The Bertz CT molecular complexity index is 1060. The van der Waals surface area contributed by atoms with Crippen molar-refractivity contribution in [3.8, 4) is 11.1 Å². The van der Waals surface area contributed by atoms with Crippen molar-refractivity contribution in [2.75, 3.05) is 6.61 Å². The summed E-state index contributed by atoms with van der Waals surface area (Å²) in [5.74, 6) is -0.269. The number of carbonyl (C=O) groups excluding carboxylic acids is 1. The molecule has 0 atom stereocenters. The van der Waals surface area contributed by atoms with Crippen LogP contribution >= 0.6 is 11.6 Å². The quantitative estimate of drug-likeness (QED) is 0.330. The lowest BCUT2D eigenvalue weighted by Gasteiger charge is -2.15. The second kappa shape index (κ2) is 10.1. The molecule has 1 aromatic heterocycles. The number of rotatable bonds is 4. The molecule has 31 heavy (non-hydrogen) atoms. The molecule has 0 unspecified atom stereocenters. The van der Waals surface area contributed by atoms with Crippen LogP contribution in [-0.4, -0.2) is 28.5 Å². The number of hydrogen-bond acceptors (Lipinski definition) is 4. The fourth-order valence-corrected chi connectivity index (χ4v) is 3.32. The maximum atomic E-state index is 12.2. The highest BCUT2D eigenvalue weighted by molar-refractivity contribution is 6.30. The van der Waals surface area contributed by atoms with Crippen LogP contribution in [0, 0.1) is 13.8 Å². The van der Waals surface area contributed by atoms with Gasteiger partial charge in [-0.3, -0.25) is 10.0 Å². The number of hydrogen-bond donors (Lipinski definition) is 2. The predicted molar refractivity (Wildman–Crippen MR) is 124 cm³/mol. The van der Waals surface area contributed by atoms with Crippen molar-refractivity contribution >= 4 is 28.5 Å². The summed E-state index contributed by atoms with van der Waals surface area (Å²) in [6.07, 6.45) is 0.173. The molecule has 6 heteroatoms. The van der Waals surface area contributed by atoms with Gasteiger partial charge in [0.15, 0.2) is 0 Å². The smallest absolute Gasteiger partial charge is 0.310 e. The Morgan fingerprint density at radius 3 is 2.23 bits per heavy atom. The van der Waals surface area contributed by atoms with E-state index in [1.165, 1.54) is 4.73 Å². The zero-order valence-electron chi connectivity index (χ0n) is 19.0. The van der Waals surface area contributed by atoms with E-state index in [9.17, 15) is 10.0 Å². The highest BCUT2D eigenvalue weighted by atomic mass is 35.5. The average Bonchev–Trinajstić information content (AvgIpc) is 2.66. The van der Waals surface area contributed by atoms with E-state index in [0.29, 0.717) is 17.1 Å². The zero-order valence-corrected chi connectivity index (χ0v) is 19.7. The summed E-state index contributed by atoms with van der Waals surface area (Å²) in [4.78, 5) is 12.2. The molecule has 0 aliphatic heterocycles. The Morgan fingerprint density at radius 2 is 1.68 bits per heavy atom. The number of aromatic nitrogens is 1. The van der Waals surface area contributed by atoms with E-state index in [4.69, 9.17) is 21.4 Å². The molecule has 0 bridgehead atoms. The molecule has 0 aliphatic carbocycles. The fourth-order valence-electron chi connectivity index (χ4n) is 3.20. The molecule has 0 saturated heterocycles. The topological polar surface area (TPSA) is 70.6 Å². The summed E-state index contributed by atoms with van der Waals surface area (Å²) < 4.78 is 6.33. The molecule has 166 valence electrons. The van der Waals surface area contributed by atoms with Crippen molar-refractivity contribution in [2.24, 2.45) is 0 Å². The molecule has 5 nitrogen and oxygen atoms in total. The first kappa shape index (κ1) is 24.6. The molecule has 0 aliphatic rings. The molecule has 3 rings (SSSR count). The van der Waals surface area contributed by atoms with Crippen LogP contribution in [0.2, 0.25) is 5.02 Å². The standard InChI is InChI=1S/C21H21ClNO3.C4H10O/c1-4-26-20(24)12-18-13(2)11-19-17(10-5-14(3)23(19)25)21(18)15-6-8-16(22)9-7-15;1-4(2,3)5/h5-11,25H,4,12H2,1-3H3;5H,1-3H3/q+1;. The molecule has 0 saturated carbocycles. The van der Waals surface area contributed by atoms with Gasteiger partial charge in [0, 0.05) is 28.8 Å². The minimum absolute atomic E-state index is 0.173. The van der Waals surface area contributed by atoms with Gasteiger partial charge >= 0.3 is 5.97 Å². The van der Waals surface area contributed by atoms with Gasteiger partial charge in [-0.1, -0.05) is 23.7 Å². The van der Waals surface area contributed by atoms with Crippen molar-refractivity contribution in [3.63, 3.8) is 0 Å². The molecule has 0 amide bonds. The molecular formula is C25H31ClNO4+. The van der Waals surface area contributed by atoms with Crippen molar-refractivity contribution in [3.05, 3.63) is 64.3 Å². The zero-order chi connectivity index (χ0) is 23.3. The van der Waals surface area contributed by atoms with E-state index >= 15 is 0 Å². The molecule has 2 N–H and O–H groups in total. The van der Waals surface area contributed by atoms with E-state index in [-0.39, 0.29) is 12.4 Å². The van der Waals surface area contributed by atoms with Crippen molar-refractivity contribution in [1.82, 2.24) is 0 Å². The summed E-state index contributed by atoms with van der Waals surface area (Å²) in [6.45, 7) is 11.1. The van der Waals surface area contributed by atoms with Crippen LogP contribution in [0.1, 0.15) is 44.5 Å². The Hall–Kier alpha value is -2.63. The first-order valence-electron chi connectivity index (χ1n) is 10.2. The molecule has 0 radical (unpaired) electrons. The summed E-state index contributed by atoms with van der Waals surface area (Å²) >= 11 is 6.04. The highest BCUT2D eigenvalue weighted by Crippen LogP contribution is 2.34. The Labute approximate surface area is 188 Å². The Balaban J connectivity index is 0.000000614. The van der Waals surface area contributed by atoms with Crippen LogP contribution in [0.25, 0.3) is 22.0 Å². The van der Waals surface area contributed by atoms with Crippen molar-refractivity contribution in [1.29, 1.82) is 0 Å². The minimum Gasteiger partial charge on any atom is -0.466 e. The molecule has 2 aromatic carbocycles. The largest absolute Gasteiger partial charge is 0.466 e. The maximum absolute atomic E-state index is 12.2. The van der Waals surface area contributed by atoms with Gasteiger partial charge in [-0.25, -0.2) is 0 Å². The third kappa shape index (κ3) is 6.68. The van der Waals surface area contributed by atoms with E-state index in [0.717, 1.165) is 33.3 Å². The second-order valence-electron chi connectivity index (χ2n) is 8.43. The summed E-state index contributed by atoms with van der Waals surface area (Å²) in [7, 11) is 0. The van der Waals surface area contributed by atoms with E-state index < -0.39 is 5.60 Å². The van der Waals surface area contributed by atoms with Crippen LogP contribution in [0.15, 0.2) is 42.5 Å². The minimum atomic E-state index is -0.500. The molecule has 3 aromatic rings. The van der Waals surface area contributed by atoms with E-state index in [1.54, 1.807) is 27.7 Å². The van der Waals surface area contributed by atoms with E-state index in [2.05, 4.69) is 0 Å². The Kier molecular flexibility index (Phi) is 8.04. The molecule has 0 fully saturated rings. The van der Waals surface area contributed by atoms with Gasteiger partial charge in [0.25, 0.3) is 5.52 Å². The SMILES string of the molecule is CC(C)(C)O.CCOC(=O)Cc1c(C)cc2c(ccc(C)[n+]2O)c1-c1ccc(Cl)cc1. The van der Waals surface area contributed by atoms with Gasteiger partial charge in [-0.05, 0) is 75.1 Å². The van der Waals surface area contributed by atoms with Crippen LogP contribution in [-0.2, 0) is 16.0 Å². The number of benzene rings is 2. The first-order valence-corrected chi connectivity index (χ1v) is 10.6. The van der Waals surface area contributed by atoms with Gasteiger partial charge in [0.1, 0.15) is 0 Å². The summed E-state index contributed by atoms with van der Waals surface area (Å²) in [5, 5.41) is 20.5. The molecular weight excluding hydrogens is 414 g/mol. The van der Waals surface area contributed by atoms with E-state index in [1.807, 2.05) is 56.3 Å². The van der Waals surface area contributed by atoms with Gasteiger partial charge in [0.2, 0.25) is 5.69 Å².